The molecular weight excluding hydrogens is 432 g/mol. The molecule has 0 aliphatic heterocycles. The summed E-state index contributed by atoms with van der Waals surface area (Å²) in [6, 6.07) is 16.4. The summed E-state index contributed by atoms with van der Waals surface area (Å²) in [6.45, 7) is 4.04. The van der Waals surface area contributed by atoms with Crippen LogP contribution in [0.4, 0.5) is 0 Å². The fraction of sp³-hybridized carbons (Fsp3) is 0.174. The Kier molecular flexibility index (Phi) is 6.44. The molecule has 1 heterocycles. The van der Waals surface area contributed by atoms with E-state index in [1.165, 1.54) is 16.8 Å². The Labute approximate surface area is 177 Å². The van der Waals surface area contributed by atoms with E-state index < -0.39 is 23.3 Å². The van der Waals surface area contributed by atoms with E-state index in [1.54, 1.807) is 37.3 Å². The van der Waals surface area contributed by atoms with Crippen molar-refractivity contribution in [1.82, 2.24) is 9.88 Å². The monoisotopic (exact) mass is 452 g/mol. The van der Waals surface area contributed by atoms with Crippen molar-refractivity contribution in [3.8, 4) is 0 Å². The lowest BCUT2D eigenvalue weighted by Gasteiger charge is -2.19. The van der Waals surface area contributed by atoms with Gasteiger partial charge in [-0.25, -0.2) is 0 Å². The molecule has 1 amide bonds. The summed E-state index contributed by atoms with van der Waals surface area (Å²) in [5.41, 5.74) is 2.74. The first-order valence-electron chi connectivity index (χ1n) is 9.17. The van der Waals surface area contributed by atoms with E-state index in [-0.39, 0.29) is 6.54 Å². The van der Waals surface area contributed by atoms with E-state index in [9.17, 15) is 14.4 Å². The molecule has 1 aromatic heterocycles. The van der Waals surface area contributed by atoms with Gasteiger partial charge in [-0.15, -0.1) is 0 Å². The molecule has 5 nitrogen and oxygen atoms in total. The van der Waals surface area contributed by atoms with Crippen LogP contribution in [0.15, 0.2) is 76.1 Å². The number of Topliss-reactive ketones (excluding diaryl/α,β-unsaturated/α-hetero) is 1. The van der Waals surface area contributed by atoms with Crippen LogP contribution in [0.25, 0.3) is 0 Å². The molecule has 0 saturated heterocycles. The minimum Gasteiger partial charge on any atom is -0.350 e. The third kappa shape index (κ3) is 5.09. The first kappa shape index (κ1) is 20.7. The zero-order chi connectivity index (χ0) is 21.0. The number of carbonyl (C=O) groups excluding carboxylic acids is 2. The number of halogens is 1. The zero-order valence-corrected chi connectivity index (χ0v) is 17.8. The van der Waals surface area contributed by atoms with E-state index >= 15 is 0 Å². The number of hydrogen-bond donors (Lipinski definition) is 1. The zero-order valence-electron chi connectivity index (χ0n) is 16.2. The molecule has 1 atom stereocenters. The van der Waals surface area contributed by atoms with E-state index in [4.69, 9.17) is 0 Å². The summed E-state index contributed by atoms with van der Waals surface area (Å²) in [5, 5.41) is 2.79. The van der Waals surface area contributed by atoms with Gasteiger partial charge in [-0.3, -0.25) is 19.0 Å². The molecule has 0 aliphatic rings. The Morgan fingerprint density at radius 1 is 1.00 bits per heavy atom. The highest BCUT2D eigenvalue weighted by Crippen LogP contribution is 2.18. The number of benzene rings is 2. The van der Waals surface area contributed by atoms with Gasteiger partial charge >= 0.3 is 0 Å². The Hall–Kier alpha value is -2.99. The molecule has 0 spiro atoms. The van der Waals surface area contributed by atoms with Crippen LogP contribution < -0.4 is 10.9 Å². The minimum absolute atomic E-state index is 0.266. The van der Waals surface area contributed by atoms with E-state index in [2.05, 4.69) is 21.2 Å². The van der Waals surface area contributed by atoms with Crippen molar-refractivity contribution in [3.63, 3.8) is 0 Å². The van der Waals surface area contributed by atoms with Gasteiger partial charge < -0.3 is 5.32 Å². The lowest BCUT2D eigenvalue weighted by atomic mass is 10.0. The summed E-state index contributed by atoms with van der Waals surface area (Å²) in [6.07, 6.45) is 1.49. The molecule has 1 N–H and O–H groups in total. The molecule has 29 heavy (non-hydrogen) atoms. The number of nitrogens with one attached hydrogen (secondary N) is 1. The number of amides is 1. The Morgan fingerprint density at radius 3 is 2.38 bits per heavy atom. The van der Waals surface area contributed by atoms with Crippen LogP contribution in [0, 0.1) is 13.8 Å². The Balaban J connectivity index is 1.93. The van der Waals surface area contributed by atoms with Crippen LogP contribution in [0.5, 0.6) is 0 Å². The van der Waals surface area contributed by atoms with Crippen LogP contribution in [-0.4, -0.2) is 16.3 Å². The fourth-order valence-corrected chi connectivity index (χ4v) is 3.36. The predicted molar refractivity (Wildman–Crippen MR) is 116 cm³/mol. The number of aromatic nitrogens is 1. The van der Waals surface area contributed by atoms with E-state index in [0.29, 0.717) is 5.56 Å². The third-order valence-electron chi connectivity index (χ3n) is 4.58. The maximum atomic E-state index is 13.2. The average molecular weight is 453 g/mol. The Bertz CT molecular complexity index is 1100. The molecule has 0 aliphatic carbocycles. The second-order valence-corrected chi connectivity index (χ2v) is 7.85. The first-order chi connectivity index (χ1) is 13.8. The van der Waals surface area contributed by atoms with Crippen molar-refractivity contribution in [2.75, 3.05) is 0 Å². The SMILES string of the molecule is Cc1ccc(CNC(=O)[C@@H](C(=O)c2cccc(Br)c2)n2ccc(C)cc2=O)cc1. The summed E-state index contributed by atoms with van der Waals surface area (Å²) >= 11 is 3.34. The maximum absolute atomic E-state index is 13.2. The van der Waals surface area contributed by atoms with Gasteiger partial charge in [0.25, 0.3) is 11.5 Å². The van der Waals surface area contributed by atoms with Gasteiger partial charge in [0.2, 0.25) is 0 Å². The molecule has 2 aromatic carbocycles. The number of hydrogen-bond acceptors (Lipinski definition) is 3. The average Bonchev–Trinajstić information content (AvgIpc) is 2.69. The van der Waals surface area contributed by atoms with E-state index in [1.807, 2.05) is 31.2 Å². The highest BCUT2D eigenvalue weighted by molar-refractivity contribution is 9.10. The number of nitrogens with zero attached hydrogens (tertiary/aromatic N) is 1. The maximum Gasteiger partial charge on any atom is 0.251 e. The quantitative estimate of drug-likeness (QED) is 0.454. The lowest BCUT2D eigenvalue weighted by molar-refractivity contribution is -0.123. The van der Waals surface area contributed by atoms with Gasteiger partial charge in [0.15, 0.2) is 11.8 Å². The van der Waals surface area contributed by atoms with Crippen LogP contribution in [0.3, 0.4) is 0 Å². The first-order valence-corrected chi connectivity index (χ1v) is 9.96. The normalized spacial score (nSPS) is 11.7. The van der Waals surface area contributed by atoms with Gasteiger partial charge in [0.05, 0.1) is 0 Å². The third-order valence-corrected chi connectivity index (χ3v) is 5.07. The van der Waals surface area contributed by atoms with E-state index in [0.717, 1.165) is 21.2 Å². The molecule has 0 radical (unpaired) electrons. The second kappa shape index (κ2) is 9.01. The van der Waals surface area contributed by atoms with Crippen LogP contribution in [-0.2, 0) is 11.3 Å². The number of aryl methyl sites for hydroxylation is 2. The fourth-order valence-electron chi connectivity index (χ4n) is 2.97. The molecule has 0 unspecified atom stereocenters. The Morgan fingerprint density at radius 2 is 1.72 bits per heavy atom. The van der Waals surface area contributed by atoms with Crippen LogP contribution in [0.1, 0.15) is 33.1 Å². The van der Waals surface area contributed by atoms with Crippen molar-refractivity contribution >= 4 is 27.6 Å². The highest BCUT2D eigenvalue weighted by atomic mass is 79.9. The molecule has 3 aromatic rings. The van der Waals surface area contributed by atoms with Gasteiger partial charge in [0, 0.05) is 28.8 Å². The molecule has 0 bridgehead atoms. The molecule has 148 valence electrons. The van der Waals surface area contributed by atoms with Crippen molar-refractivity contribution in [2.45, 2.75) is 26.4 Å². The van der Waals surface area contributed by atoms with Gasteiger partial charge in [0.1, 0.15) is 0 Å². The van der Waals surface area contributed by atoms with Gasteiger partial charge in [-0.05, 0) is 43.2 Å². The molecule has 0 saturated carbocycles. The number of ketones is 1. The van der Waals surface area contributed by atoms with Crippen LogP contribution >= 0.6 is 15.9 Å². The number of pyridine rings is 1. The number of carbonyl (C=O) groups is 2. The second-order valence-electron chi connectivity index (χ2n) is 6.93. The van der Waals surface area contributed by atoms with Gasteiger partial charge in [-0.1, -0.05) is 57.9 Å². The molecular formula is C23H21BrN2O3. The number of rotatable bonds is 6. The summed E-state index contributed by atoms with van der Waals surface area (Å²) in [5.74, 6) is -0.972. The van der Waals surface area contributed by atoms with Crippen molar-refractivity contribution in [3.05, 3.63) is 104 Å². The van der Waals surface area contributed by atoms with Crippen molar-refractivity contribution < 1.29 is 9.59 Å². The summed E-state index contributed by atoms with van der Waals surface area (Å²) in [7, 11) is 0. The summed E-state index contributed by atoms with van der Waals surface area (Å²) in [4.78, 5) is 38.7. The topological polar surface area (TPSA) is 68.2 Å². The largest absolute Gasteiger partial charge is 0.350 e. The standard InChI is InChI=1S/C23H21BrN2O3/c1-15-6-8-17(9-7-15)14-25-23(29)21(26-11-10-16(2)12-20(26)27)22(28)18-4-3-5-19(24)13-18/h3-13,21H,14H2,1-2H3,(H,25,29)/t21-/m1/s1. The smallest absolute Gasteiger partial charge is 0.251 e. The van der Waals surface area contributed by atoms with Gasteiger partial charge in [-0.2, -0.15) is 0 Å². The van der Waals surface area contributed by atoms with Crippen molar-refractivity contribution in [1.29, 1.82) is 0 Å². The molecule has 3 rings (SSSR count). The summed E-state index contributed by atoms with van der Waals surface area (Å²) < 4.78 is 1.90. The lowest BCUT2D eigenvalue weighted by Crippen LogP contribution is -2.41. The van der Waals surface area contributed by atoms with Crippen molar-refractivity contribution in [2.24, 2.45) is 0 Å². The minimum atomic E-state index is -1.29. The molecule has 0 fully saturated rings. The van der Waals surface area contributed by atoms with Crippen LogP contribution in [0.2, 0.25) is 0 Å². The predicted octanol–water partition coefficient (Wildman–Crippen LogP) is 3.97. The molecule has 6 heteroatoms. The highest BCUT2D eigenvalue weighted by Gasteiger charge is 2.30.